The molecule has 13 heavy (non-hydrogen) atoms. The second kappa shape index (κ2) is 4.96. The first-order chi connectivity index (χ1) is 6.24. The number of rotatable bonds is 5. The first-order valence-corrected chi connectivity index (χ1v) is 5.10. The third-order valence-electron chi connectivity index (χ3n) is 1.58. The molecular weight excluding hydrogens is 238 g/mol. The highest BCUT2D eigenvalue weighted by Gasteiger charge is 2.09. The molecule has 0 aromatic carbocycles. The van der Waals surface area contributed by atoms with E-state index in [9.17, 15) is 10.1 Å². The van der Waals surface area contributed by atoms with E-state index < -0.39 is 4.92 Å². The molecule has 0 aliphatic rings. The minimum atomic E-state index is -0.485. The van der Waals surface area contributed by atoms with Crippen LogP contribution in [0.5, 0.6) is 0 Å². The first kappa shape index (κ1) is 10.2. The molecule has 0 bridgehead atoms. The molecule has 0 fully saturated rings. The minimum absolute atomic E-state index is 0.0844. The van der Waals surface area contributed by atoms with Gasteiger partial charge >= 0.3 is 5.82 Å². The summed E-state index contributed by atoms with van der Waals surface area (Å²) in [4.78, 5) is 9.78. The fraction of sp³-hybridized carbons (Fsp3) is 0.571. The van der Waals surface area contributed by atoms with Crippen LogP contribution in [0.3, 0.4) is 0 Å². The van der Waals surface area contributed by atoms with Crippen molar-refractivity contribution in [2.24, 2.45) is 0 Å². The molecule has 0 amide bonds. The van der Waals surface area contributed by atoms with Crippen molar-refractivity contribution in [3.63, 3.8) is 0 Å². The van der Waals surface area contributed by atoms with Crippen LogP contribution in [0.25, 0.3) is 0 Å². The maximum absolute atomic E-state index is 10.3. The summed E-state index contributed by atoms with van der Waals surface area (Å²) in [7, 11) is 0. The van der Waals surface area contributed by atoms with E-state index >= 15 is 0 Å². The van der Waals surface area contributed by atoms with Crippen LogP contribution in [0, 0.1) is 10.1 Å². The van der Waals surface area contributed by atoms with E-state index in [0.717, 1.165) is 24.7 Å². The van der Waals surface area contributed by atoms with Crippen LogP contribution in [-0.4, -0.2) is 20.0 Å². The molecule has 6 heteroatoms. The SMILES string of the molecule is O=[N+]([O-])c1ccn(CCCCBr)n1. The molecule has 1 rings (SSSR count). The first-order valence-electron chi connectivity index (χ1n) is 3.98. The Bertz CT molecular complexity index is 287. The molecule has 1 aromatic heterocycles. The van der Waals surface area contributed by atoms with Crippen LogP contribution < -0.4 is 0 Å². The van der Waals surface area contributed by atoms with Gasteiger partial charge in [-0.3, -0.25) is 0 Å². The van der Waals surface area contributed by atoms with E-state index in [2.05, 4.69) is 21.0 Å². The van der Waals surface area contributed by atoms with Crippen molar-refractivity contribution in [1.29, 1.82) is 0 Å². The van der Waals surface area contributed by atoms with Crippen molar-refractivity contribution in [2.75, 3.05) is 5.33 Å². The lowest BCUT2D eigenvalue weighted by molar-refractivity contribution is -0.389. The van der Waals surface area contributed by atoms with Gasteiger partial charge in [-0.1, -0.05) is 15.9 Å². The van der Waals surface area contributed by atoms with Gasteiger partial charge < -0.3 is 10.1 Å². The van der Waals surface area contributed by atoms with Gasteiger partial charge in [-0.05, 0) is 17.8 Å². The van der Waals surface area contributed by atoms with E-state index in [1.165, 1.54) is 6.07 Å². The molecular formula is C7H10BrN3O2. The highest BCUT2D eigenvalue weighted by atomic mass is 79.9. The third kappa shape index (κ3) is 3.14. The molecule has 0 saturated carbocycles. The number of aromatic nitrogens is 2. The zero-order valence-electron chi connectivity index (χ0n) is 7.02. The lowest BCUT2D eigenvalue weighted by Crippen LogP contribution is -1.99. The fourth-order valence-corrected chi connectivity index (χ4v) is 1.34. The summed E-state index contributed by atoms with van der Waals surface area (Å²) in [6, 6.07) is 1.41. The number of nitro groups is 1. The smallest absolute Gasteiger partial charge is 0.358 e. The Labute approximate surface area is 84.0 Å². The summed E-state index contributed by atoms with van der Waals surface area (Å²) in [5.74, 6) is -0.0844. The predicted octanol–water partition coefficient (Wildman–Crippen LogP) is 1.97. The fourth-order valence-electron chi connectivity index (χ4n) is 0.941. The number of alkyl halides is 1. The number of nitrogens with zero attached hydrogens (tertiary/aromatic N) is 3. The molecule has 0 radical (unpaired) electrons. The number of hydrogen-bond acceptors (Lipinski definition) is 3. The molecule has 0 spiro atoms. The average molecular weight is 248 g/mol. The maximum Gasteiger partial charge on any atom is 0.389 e. The van der Waals surface area contributed by atoms with Gasteiger partial charge in [0.15, 0.2) is 0 Å². The Kier molecular flexibility index (Phi) is 3.88. The van der Waals surface area contributed by atoms with Crippen LogP contribution >= 0.6 is 15.9 Å². The topological polar surface area (TPSA) is 61.0 Å². The van der Waals surface area contributed by atoms with E-state index in [-0.39, 0.29) is 5.82 Å². The van der Waals surface area contributed by atoms with Crippen molar-refractivity contribution in [2.45, 2.75) is 19.4 Å². The number of halogens is 1. The van der Waals surface area contributed by atoms with Crippen molar-refractivity contribution < 1.29 is 4.92 Å². The predicted molar refractivity (Wildman–Crippen MR) is 51.9 cm³/mol. The zero-order valence-corrected chi connectivity index (χ0v) is 8.61. The lowest BCUT2D eigenvalue weighted by atomic mass is 10.3. The molecule has 0 atom stereocenters. The standard InChI is InChI=1S/C7H10BrN3O2/c8-4-1-2-5-10-6-3-7(9-10)11(12)13/h3,6H,1-2,4-5H2. The molecule has 0 aliphatic heterocycles. The van der Waals surface area contributed by atoms with Crippen molar-refractivity contribution in [3.8, 4) is 0 Å². The Morgan fingerprint density at radius 2 is 2.38 bits per heavy atom. The Balaban J connectivity index is 2.44. The van der Waals surface area contributed by atoms with Crippen LogP contribution in [0.4, 0.5) is 5.82 Å². The van der Waals surface area contributed by atoms with Gasteiger partial charge in [-0.15, -0.1) is 0 Å². The van der Waals surface area contributed by atoms with Crippen molar-refractivity contribution in [1.82, 2.24) is 9.78 Å². The monoisotopic (exact) mass is 247 g/mol. The molecule has 1 aromatic rings. The molecule has 0 saturated heterocycles. The number of aryl methyl sites for hydroxylation is 1. The normalized spacial score (nSPS) is 10.2. The Morgan fingerprint density at radius 3 is 2.92 bits per heavy atom. The molecule has 1 heterocycles. The second-order valence-corrected chi connectivity index (χ2v) is 3.38. The lowest BCUT2D eigenvalue weighted by Gasteiger charge is -1.93. The second-order valence-electron chi connectivity index (χ2n) is 2.59. The quantitative estimate of drug-likeness (QED) is 0.346. The molecule has 0 unspecified atom stereocenters. The summed E-state index contributed by atoms with van der Waals surface area (Å²) in [5.41, 5.74) is 0. The Hall–Kier alpha value is -0.910. The van der Waals surface area contributed by atoms with E-state index in [1.54, 1.807) is 10.9 Å². The van der Waals surface area contributed by atoms with Gasteiger partial charge in [-0.2, -0.15) is 4.68 Å². The Morgan fingerprint density at radius 1 is 1.62 bits per heavy atom. The van der Waals surface area contributed by atoms with Crippen LogP contribution in [0.2, 0.25) is 0 Å². The maximum atomic E-state index is 10.3. The van der Waals surface area contributed by atoms with E-state index in [0.29, 0.717) is 0 Å². The number of unbranched alkanes of at least 4 members (excludes halogenated alkanes) is 1. The van der Waals surface area contributed by atoms with Gasteiger partial charge in [0.2, 0.25) is 0 Å². The van der Waals surface area contributed by atoms with Crippen LogP contribution in [-0.2, 0) is 6.54 Å². The van der Waals surface area contributed by atoms with Gasteiger partial charge in [0.25, 0.3) is 0 Å². The third-order valence-corrected chi connectivity index (χ3v) is 2.15. The highest BCUT2D eigenvalue weighted by molar-refractivity contribution is 9.09. The summed E-state index contributed by atoms with van der Waals surface area (Å²) >= 11 is 3.31. The number of hydrogen-bond donors (Lipinski definition) is 0. The van der Waals surface area contributed by atoms with E-state index in [4.69, 9.17) is 0 Å². The summed E-state index contributed by atoms with van der Waals surface area (Å²) < 4.78 is 1.60. The largest absolute Gasteiger partial charge is 0.389 e. The molecule has 0 N–H and O–H groups in total. The average Bonchev–Trinajstić information content (AvgIpc) is 2.53. The van der Waals surface area contributed by atoms with Gasteiger partial charge in [0.05, 0.1) is 23.9 Å². The van der Waals surface area contributed by atoms with Crippen LogP contribution in [0.1, 0.15) is 12.8 Å². The summed E-state index contributed by atoms with van der Waals surface area (Å²) in [5, 5.41) is 15.0. The summed E-state index contributed by atoms with van der Waals surface area (Å²) in [6.45, 7) is 0.736. The van der Waals surface area contributed by atoms with Gasteiger partial charge in [0.1, 0.15) is 0 Å². The molecule has 72 valence electrons. The van der Waals surface area contributed by atoms with Crippen LogP contribution in [0.15, 0.2) is 12.3 Å². The molecule has 5 nitrogen and oxygen atoms in total. The van der Waals surface area contributed by atoms with E-state index in [1.807, 2.05) is 0 Å². The highest BCUT2D eigenvalue weighted by Crippen LogP contribution is 2.06. The van der Waals surface area contributed by atoms with Crippen molar-refractivity contribution in [3.05, 3.63) is 22.4 Å². The minimum Gasteiger partial charge on any atom is -0.358 e. The zero-order chi connectivity index (χ0) is 9.68. The van der Waals surface area contributed by atoms with Gasteiger partial charge in [-0.25, -0.2) is 0 Å². The van der Waals surface area contributed by atoms with Gasteiger partial charge in [0, 0.05) is 5.33 Å². The van der Waals surface area contributed by atoms with Crippen molar-refractivity contribution >= 4 is 21.7 Å². The molecule has 0 aliphatic carbocycles. The summed E-state index contributed by atoms with van der Waals surface area (Å²) in [6.07, 6.45) is 3.66.